The Morgan fingerprint density at radius 3 is 1.61 bits per heavy atom. The minimum atomic E-state index is -4.46. The van der Waals surface area contributed by atoms with Crippen molar-refractivity contribution < 1.29 is 36.0 Å². The number of nitrogens with two attached hydrogens (primary N) is 2. The number of hydrogen-bond acceptors (Lipinski definition) is 10. The second-order valence-electron chi connectivity index (χ2n) is 13.1. The van der Waals surface area contributed by atoms with Gasteiger partial charge in [-0.2, -0.15) is 0 Å². The number of fused-ring (bicyclic) bond motifs is 1. The fraction of sp³-hybridized carbons (Fsp3) is 0.324. The summed E-state index contributed by atoms with van der Waals surface area (Å²) in [5.41, 5.74) is 11.5. The zero-order chi connectivity index (χ0) is 39.2. The Hall–Kier alpha value is -5.23. The molecule has 1 saturated heterocycles. The Balaban J connectivity index is 1.42. The van der Waals surface area contributed by atoms with Crippen LogP contribution in [0.2, 0.25) is 0 Å². The molecule has 0 atom stereocenters. The lowest BCUT2D eigenvalue weighted by Gasteiger charge is -2.36. The standard InChI is InChI=1S/C37H45N7O8S2/c1-26(2)42-22-20-41(21-23-42)19-18-37(47)40-27-8-12-29(13-9-27)53(48,49)43(24-35(38)45)33-16-17-34(32-7-5-4-6-31(32)33)44(25-36(39)46)54(50,51)30-14-10-28(52-3)11-15-30/h4-17,26H,18-25H2,1-3H3,(H2,38,45)(H2,39,46)(H,40,47). The summed E-state index contributed by atoms with van der Waals surface area (Å²) in [6, 6.07) is 20.6. The van der Waals surface area contributed by atoms with Gasteiger partial charge in [0.25, 0.3) is 20.0 Å². The molecule has 1 fully saturated rings. The quantitative estimate of drug-likeness (QED) is 0.152. The third-order valence-corrected chi connectivity index (χ3v) is 12.7. The molecule has 0 aliphatic carbocycles. The molecule has 5 N–H and O–H groups in total. The average molecular weight is 780 g/mol. The van der Waals surface area contributed by atoms with Gasteiger partial charge >= 0.3 is 0 Å². The SMILES string of the molecule is COc1ccc(S(=O)(=O)N(CC(N)=O)c2ccc(N(CC(N)=O)S(=O)(=O)c3ccc(NC(=O)CCN4CCN(C(C)C)CC4)cc3)c3ccccc23)cc1. The van der Waals surface area contributed by atoms with E-state index in [-0.39, 0.29) is 44.3 Å². The van der Waals surface area contributed by atoms with Crippen molar-refractivity contribution in [1.82, 2.24) is 9.80 Å². The van der Waals surface area contributed by atoms with Crippen LogP contribution in [0.5, 0.6) is 5.75 Å². The number of anilines is 3. The maximum atomic E-state index is 14.2. The highest BCUT2D eigenvalue weighted by Crippen LogP contribution is 2.38. The number of primary amides is 2. The number of nitrogens with zero attached hydrogens (tertiary/aromatic N) is 4. The Labute approximate surface area is 315 Å². The van der Waals surface area contributed by atoms with Gasteiger partial charge in [-0.1, -0.05) is 24.3 Å². The molecule has 0 saturated carbocycles. The van der Waals surface area contributed by atoms with Crippen LogP contribution < -0.4 is 30.1 Å². The molecule has 4 aromatic rings. The highest BCUT2D eigenvalue weighted by atomic mass is 32.2. The fourth-order valence-corrected chi connectivity index (χ4v) is 9.18. The molecule has 15 nitrogen and oxygen atoms in total. The molecule has 0 bridgehead atoms. The third kappa shape index (κ3) is 9.10. The first-order valence-electron chi connectivity index (χ1n) is 17.3. The number of benzene rings is 4. The van der Waals surface area contributed by atoms with Gasteiger partial charge in [0.15, 0.2) is 0 Å². The van der Waals surface area contributed by atoms with Crippen molar-refractivity contribution >= 4 is 65.6 Å². The molecule has 288 valence electrons. The van der Waals surface area contributed by atoms with Gasteiger partial charge < -0.3 is 26.4 Å². The highest BCUT2D eigenvalue weighted by Gasteiger charge is 2.32. The van der Waals surface area contributed by atoms with E-state index in [4.69, 9.17) is 16.2 Å². The number of carbonyl (C=O) groups excluding carboxylic acids is 3. The molecule has 0 aromatic heterocycles. The number of nitrogens with one attached hydrogen (secondary N) is 1. The van der Waals surface area contributed by atoms with E-state index in [2.05, 4.69) is 29.0 Å². The molecule has 1 aliphatic heterocycles. The second kappa shape index (κ2) is 16.8. The molecule has 0 radical (unpaired) electrons. The van der Waals surface area contributed by atoms with Crippen LogP contribution in [0.15, 0.2) is 94.7 Å². The number of sulfonamides is 2. The van der Waals surface area contributed by atoms with Crippen LogP contribution in [0.4, 0.5) is 17.1 Å². The Morgan fingerprint density at radius 1 is 0.722 bits per heavy atom. The summed E-state index contributed by atoms with van der Waals surface area (Å²) in [7, 11) is -7.40. The van der Waals surface area contributed by atoms with Crippen LogP contribution in [-0.4, -0.2) is 103 Å². The van der Waals surface area contributed by atoms with Crippen LogP contribution in [0, 0.1) is 0 Å². The molecule has 0 spiro atoms. The van der Waals surface area contributed by atoms with Gasteiger partial charge in [0.1, 0.15) is 18.8 Å². The smallest absolute Gasteiger partial charge is 0.264 e. The summed E-state index contributed by atoms with van der Waals surface area (Å²) >= 11 is 0. The van der Waals surface area contributed by atoms with Crippen molar-refractivity contribution in [1.29, 1.82) is 0 Å². The normalized spacial score (nSPS) is 14.1. The zero-order valence-corrected chi connectivity index (χ0v) is 32.0. The van der Waals surface area contributed by atoms with Crippen LogP contribution in [0.25, 0.3) is 10.8 Å². The van der Waals surface area contributed by atoms with Gasteiger partial charge in [-0.3, -0.25) is 27.9 Å². The third-order valence-electron chi connectivity index (χ3n) is 9.18. The molecule has 1 heterocycles. The Kier molecular flexibility index (Phi) is 12.5. The summed E-state index contributed by atoms with van der Waals surface area (Å²) < 4.78 is 63.1. The van der Waals surface area contributed by atoms with Crippen LogP contribution in [0.1, 0.15) is 20.3 Å². The van der Waals surface area contributed by atoms with Crippen molar-refractivity contribution in [2.24, 2.45) is 11.5 Å². The lowest BCUT2D eigenvalue weighted by molar-refractivity contribution is -0.117. The lowest BCUT2D eigenvalue weighted by Crippen LogP contribution is -2.49. The minimum Gasteiger partial charge on any atom is -0.497 e. The number of methoxy groups -OCH3 is 1. The van der Waals surface area contributed by atoms with E-state index >= 15 is 0 Å². The first-order chi connectivity index (χ1) is 25.6. The monoisotopic (exact) mass is 779 g/mol. The van der Waals surface area contributed by atoms with E-state index in [1.807, 2.05) is 0 Å². The van der Waals surface area contributed by atoms with Crippen LogP contribution in [-0.2, 0) is 34.4 Å². The summed E-state index contributed by atoms with van der Waals surface area (Å²) in [5.74, 6) is -1.67. The van der Waals surface area contributed by atoms with Gasteiger partial charge in [0, 0.05) is 61.6 Å². The highest BCUT2D eigenvalue weighted by molar-refractivity contribution is 7.93. The largest absolute Gasteiger partial charge is 0.497 e. The van der Waals surface area contributed by atoms with Crippen LogP contribution >= 0.6 is 0 Å². The second-order valence-corrected chi connectivity index (χ2v) is 16.8. The Morgan fingerprint density at radius 2 is 1.19 bits per heavy atom. The molecule has 1 aliphatic rings. The molecule has 0 unspecified atom stereocenters. The molecule has 17 heteroatoms. The number of piperazine rings is 1. The van der Waals surface area contributed by atoms with Gasteiger partial charge in [0.05, 0.1) is 28.3 Å². The summed E-state index contributed by atoms with van der Waals surface area (Å²) in [4.78, 5) is 41.6. The van der Waals surface area contributed by atoms with E-state index in [1.165, 1.54) is 67.8 Å². The first kappa shape index (κ1) is 40.0. The maximum Gasteiger partial charge on any atom is 0.264 e. The van der Waals surface area contributed by atoms with Crippen molar-refractivity contribution in [3.05, 3.63) is 84.9 Å². The molecular weight excluding hydrogens is 735 g/mol. The van der Waals surface area contributed by atoms with E-state index in [0.717, 1.165) is 34.8 Å². The maximum absolute atomic E-state index is 14.2. The van der Waals surface area contributed by atoms with Crippen molar-refractivity contribution in [3.63, 3.8) is 0 Å². The van der Waals surface area contributed by atoms with Crippen molar-refractivity contribution in [2.45, 2.75) is 36.1 Å². The first-order valence-corrected chi connectivity index (χ1v) is 20.1. The Bertz CT molecular complexity index is 2210. The number of hydrogen-bond donors (Lipinski definition) is 3. The number of rotatable bonds is 16. The summed E-state index contributed by atoms with van der Waals surface area (Å²) in [5, 5.41) is 3.31. The van der Waals surface area contributed by atoms with Crippen LogP contribution in [0.3, 0.4) is 0 Å². The van der Waals surface area contributed by atoms with E-state index < -0.39 is 45.0 Å². The molecule has 5 rings (SSSR count). The number of amides is 3. The predicted molar refractivity (Wildman–Crippen MR) is 207 cm³/mol. The topological polar surface area (TPSA) is 206 Å². The summed E-state index contributed by atoms with van der Waals surface area (Å²) in [6.45, 7) is 7.12. The van der Waals surface area contributed by atoms with Crippen molar-refractivity contribution in [2.75, 3.05) is 66.9 Å². The molecule has 3 amide bonds. The van der Waals surface area contributed by atoms with Gasteiger partial charge in [-0.15, -0.1) is 0 Å². The lowest BCUT2D eigenvalue weighted by atomic mass is 10.1. The molecular formula is C37H45N7O8S2. The van der Waals surface area contributed by atoms with E-state index in [1.54, 1.807) is 24.3 Å². The van der Waals surface area contributed by atoms with Gasteiger partial charge in [0.2, 0.25) is 17.7 Å². The number of ether oxygens (including phenoxy) is 1. The van der Waals surface area contributed by atoms with Gasteiger partial charge in [-0.05, 0) is 74.5 Å². The molecule has 4 aromatic carbocycles. The van der Waals surface area contributed by atoms with E-state index in [0.29, 0.717) is 24.0 Å². The zero-order valence-electron chi connectivity index (χ0n) is 30.3. The molecule has 54 heavy (non-hydrogen) atoms. The fourth-order valence-electron chi connectivity index (χ4n) is 6.28. The number of carbonyl (C=O) groups is 3. The summed E-state index contributed by atoms with van der Waals surface area (Å²) in [6.07, 6.45) is 0.273. The average Bonchev–Trinajstić information content (AvgIpc) is 3.15. The predicted octanol–water partition coefficient (Wildman–Crippen LogP) is 2.56. The minimum absolute atomic E-state index is 0.0284. The van der Waals surface area contributed by atoms with Crippen molar-refractivity contribution in [3.8, 4) is 5.75 Å². The van der Waals surface area contributed by atoms with E-state index in [9.17, 15) is 31.2 Å². The van der Waals surface area contributed by atoms with Gasteiger partial charge in [-0.25, -0.2) is 16.8 Å².